The molecule has 280 valence electrons. The molecule has 1 fully saturated rings. The van der Waals surface area contributed by atoms with Crippen LogP contribution in [0.2, 0.25) is 0 Å². The Balaban J connectivity index is 1.02. The SMILES string of the molecule is NCCNCCNCCNCc1cc(COCCCCc2ccc3ccc4cccc5ccc2c3c45)cc(CN2CCNCCNCCNCC2)c1. The minimum Gasteiger partial charge on any atom is -0.377 e. The molecular formula is C43H62N8O. The van der Waals surface area contributed by atoms with Crippen LogP contribution in [0.5, 0.6) is 0 Å². The molecule has 1 saturated heterocycles. The summed E-state index contributed by atoms with van der Waals surface area (Å²) < 4.78 is 6.34. The predicted molar refractivity (Wildman–Crippen MR) is 220 cm³/mol. The van der Waals surface area contributed by atoms with Crippen molar-refractivity contribution in [3.05, 3.63) is 95.1 Å². The van der Waals surface area contributed by atoms with Gasteiger partial charge in [-0.25, -0.2) is 0 Å². The average molecular weight is 707 g/mol. The number of nitrogens with zero attached hydrogens (tertiary/aromatic N) is 1. The van der Waals surface area contributed by atoms with Gasteiger partial charge in [0, 0.05) is 111 Å². The summed E-state index contributed by atoms with van der Waals surface area (Å²) in [6.45, 7) is 16.6. The quantitative estimate of drug-likeness (QED) is 0.0508. The zero-order chi connectivity index (χ0) is 35.6. The van der Waals surface area contributed by atoms with Crippen molar-refractivity contribution in [3.8, 4) is 0 Å². The minimum absolute atomic E-state index is 0.646. The van der Waals surface area contributed by atoms with E-state index in [9.17, 15) is 0 Å². The molecule has 6 rings (SSSR count). The van der Waals surface area contributed by atoms with Gasteiger partial charge < -0.3 is 42.4 Å². The first-order chi connectivity index (χ1) is 25.8. The van der Waals surface area contributed by atoms with E-state index in [1.807, 2.05) is 0 Å². The summed E-state index contributed by atoms with van der Waals surface area (Å²) in [5, 5.41) is 29.4. The van der Waals surface area contributed by atoms with Crippen molar-refractivity contribution < 1.29 is 4.74 Å². The molecule has 5 aromatic carbocycles. The van der Waals surface area contributed by atoms with Crippen LogP contribution in [0.1, 0.15) is 35.1 Å². The number of benzene rings is 5. The molecule has 0 amide bonds. The number of unbranched alkanes of at least 4 members (excludes halogenated alkanes) is 1. The summed E-state index contributed by atoms with van der Waals surface area (Å²) in [4.78, 5) is 2.58. The number of nitrogens with one attached hydrogen (secondary N) is 6. The van der Waals surface area contributed by atoms with E-state index in [-0.39, 0.29) is 0 Å². The van der Waals surface area contributed by atoms with E-state index in [4.69, 9.17) is 10.5 Å². The maximum absolute atomic E-state index is 6.34. The number of hydrogen-bond acceptors (Lipinski definition) is 9. The Kier molecular flexibility index (Phi) is 15.9. The van der Waals surface area contributed by atoms with Crippen molar-refractivity contribution in [3.63, 3.8) is 0 Å². The molecule has 0 spiro atoms. The second kappa shape index (κ2) is 21.5. The highest BCUT2D eigenvalue weighted by Gasteiger charge is 2.12. The summed E-state index contributed by atoms with van der Waals surface area (Å²) in [5.74, 6) is 0. The Bertz CT molecular complexity index is 1730. The third-order valence-corrected chi connectivity index (χ3v) is 10.2. The lowest BCUT2D eigenvalue weighted by Gasteiger charge is -2.24. The number of rotatable bonds is 19. The van der Waals surface area contributed by atoms with Crippen molar-refractivity contribution in [1.29, 1.82) is 0 Å². The molecule has 0 atom stereocenters. The highest BCUT2D eigenvalue weighted by molar-refractivity contribution is 6.23. The van der Waals surface area contributed by atoms with Crippen LogP contribution in [0.15, 0.2) is 72.8 Å². The summed E-state index contributed by atoms with van der Waals surface area (Å²) in [6.07, 6.45) is 3.23. The number of nitrogens with two attached hydrogens (primary N) is 1. The maximum atomic E-state index is 6.34. The molecule has 1 aliphatic rings. The highest BCUT2D eigenvalue weighted by atomic mass is 16.5. The van der Waals surface area contributed by atoms with E-state index in [1.165, 1.54) is 54.6 Å². The number of ether oxygens (including phenoxy) is 1. The molecule has 52 heavy (non-hydrogen) atoms. The van der Waals surface area contributed by atoms with Crippen LogP contribution in [0.25, 0.3) is 32.3 Å². The smallest absolute Gasteiger partial charge is 0.0717 e. The average Bonchev–Trinajstić information content (AvgIpc) is 3.16. The van der Waals surface area contributed by atoms with Gasteiger partial charge in [0.25, 0.3) is 0 Å². The molecule has 0 radical (unpaired) electrons. The lowest BCUT2D eigenvalue weighted by molar-refractivity contribution is 0.117. The molecule has 0 bridgehead atoms. The highest BCUT2D eigenvalue weighted by Crippen LogP contribution is 2.36. The van der Waals surface area contributed by atoms with E-state index in [1.54, 1.807) is 0 Å². The second-order valence-electron chi connectivity index (χ2n) is 14.2. The fourth-order valence-corrected chi connectivity index (χ4v) is 7.51. The van der Waals surface area contributed by atoms with Crippen LogP contribution in [-0.4, -0.2) is 103 Å². The van der Waals surface area contributed by atoms with E-state index in [0.29, 0.717) is 13.2 Å². The Morgan fingerprint density at radius 3 is 1.98 bits per heavy atom. The van der Waals surface area contributed by atoms with Crippen LogP contribution >= 0.6 is 0 Å². The predicted octanol–water partition coefficient (Wildman–Crippen LogP) is 3.94. The number of hydrogen-bond donors (Lipinski definition) is 7. The zero-order valence-corrected chi connectivity index (χ0v) is 31.2. The molecule has 9 nitrogen and oxygen atoms in total. The van der Waals surface area contributed by atoms with Crippen molar-refractivity contribution >= 4 is 32.3 Å². The molecule has 0 aliphatic carbocycles. The molecule has 0 unspecified atom stereocenters. The van der Waals surface area contributed by atoms with Crippen molar-refractivity contribution in [2.75, 3.05) is 98.2 Å². The zero-order valence-electron chi connectivity index (χ0n) is 31.2. The van der Waals surface area contributed by atoms with Crippen molar-refractivity contribution in [2.45, 2.75) is 39.0 Å². The molecule has 9 heteroatoms. The topological polar surface area (TPSA) is 111 Å². The third kappa shape index (κ3) is 11.6. The fourth-order valence-electron chi connectivity index (χ4n) is 7.51. The molecule has 5 aromatic rings. The minimum atomic E-state index is 0.646. The van der Waals surface area contributed by atoms with Crippen LogP contribution in [0.4, 0.5) is 0 Å². The van der Waals surface area contributed by atoms with Crippen LogP contribution in [0, 0.1) is 0 Å². The lowest BCUT2D eigenvalue weighted by Crippen LogP contribution is -2.41. The van der Waals surface area contributed by atoms with E-state index >= 15 is 0 Å². The van der Waals surface area contributed by atoms with Gasteiger partial charge >= 0.3 is 0 Å². The third-order valence-electron chi connectivity index (χ3n) is 10.2. The normalized spacial score (nSPS) is 15.4. The van der Waals surface area contributed by atoms with E-state index < -0.39 is 0 Å². The first-order valence-electron chi connectivity index (χ1n) is 19.8. The summed E-state index contributed by atoms with van der Waals surface area (Å²) in [7, 11) is 0. The van der Waals surface area contributed by atoms with E-state index in [0.717, 1.165) is 124 Å². The fraction of sp³-hybridized carbons (Fsp3) is 0.488. The van der Waals surface area contributed by atoms with Gasteiger partial charge in [0.15, 0.2) is 0 Å². The molecule has 0 aromatic heterocycles. The monoisotopic (exact) mass is 707 g/mol. The lowest BCUT2D eigenvalue weighted by atomic mass is 9.91. The van der Waals surface area contributed by atoms with Gasteiger partial charge in [0.05, 0.1) is 6.61 Å². The Hall–Kier alpha value is -3.22. The maximum Gasteiger partial charge on any atom is 0.0717 e. The summed E-state index contributed by atoms with van der Waals surface area (Å²) in [5.41, 5.74) is 11.0. The van der Waals surface area contributed by atoms with Crippen LogP contribution < -0.4 is 37.6 Å². The molecule has 1 heterocycles. The van der Waals surface area contributed by atoms with E-state index in [2.05, 4.69) is 110 Å². The Morgan fingerprint density at radius 2 is 1.23 bits per heavy atom. The van der Waals surface area contributed by atoms with Crippen LogP contribution in [0.3, 0.4) is 0 Å². The van der Waals surface area contributed by atoms with Gasteiger partial charge in [-0.1, -0.05) is 72.8 Å². The summed E-state index contributed by atoms with van der Waals surface area (Å²) in [6, 6.07) is 27.5. The molecule has 8 N–H and O–H groups in total. The summed E-state index contributed by atoms with van der Waals surface area (Å²) >= 11 is 0. The first-order valence-corrected chi connectivity index (χ1v) is 19.8. The van der Waals surface area contributed by atoms with Gasteiger partial charge in [-0.2, -0.15) is 0 Å². The van der Waals surface area contributed by atoms with Crippen molar-refractivity contribution in [2.24, 2.45) is 5.73 Å². The first kappa shape index (κ1) is 38.5. The van der Waals surface area contributed by atoms with Gasteiger partial charge in [0.2, 0.25) is 0 Å². The largest absolute Gasteiger partial charge is 0.377 e. The Morgan fingerprint density at radius 1 is 0.615 bits per heavy atom. The van der Waals surface area contributed by atoms with Gasteiger partial charge in [-0.15, -0.1) is 0 Å². The number of aryl methyl sites for hydroxylation is 1. The van der Waals surface area contributed by atoms with Gasteiger partial charge in [-0.3, -0.25) is 4.90 Å². The van der Waals surface area contributed by atoms with Gasteiger partial charge in [0.1, 0.15) is 0 Å². The second-order valence-corrected chi connectivity index (χ2v) is 14.2. The standard InChI is InChI=1S/C43H62N8O/c44-13-14-45-15-16-47-21-22-50-31-34-28-35(32-51-25-23-48-19-17-46-18-20-49-24-26-51)30-36(29-34)33-52-27-2-1-4-37-7-8-40-10-9-38-5-3-6-39-11-12-41(37)43(40)42(38)39/h3,5-12,28-30,45-50H,1-2,4,13-27,31-33,44H2. The molecule has 0 saturated carbocycles. The molecular weight excluding hydrogens is 645 g/mol. The van der Waals surface area contributed by atoms with Crippen LogP contribution in [-0.2, 0) is 30.9 Å². The van der Waals surface area contributed by atoms with Gasteiger partial charge in [-0.05, 0) is 73.8 Å². The molecule has 1 aliphatic heterocycles. The van der Waals surface area contributed by atoms with Crippen molar-refractivity contribution in [1.82, 2.24) is 36.8 Å². The Labute approximate surface area is 311 Å².